The SMILES string of the molecule is COC[C@H]1CCCN(C(=O)[C@@H](N)[C@@H](C)OCC2CCCCC2)C1. The molecule has 0 unspecified atom stereocenters. The van der Waals surface area contributed by atoms with Crippen LogP contribution in [0.25, 0.3) is 0 Å². The number of rotatable bonds is 7. The number of ether oxygens (including phenoxy) is 2. The van der Waals surface area contributed by atoms with E-state index >= 15 is 0 Å². The zero-order valence-electron chi connectivity index (χ0n) is 14.8. The molecule has 0 radical (unpaired) electrons. The molecule has 1 heterocycles. The van der Waals surface area contributed by atoms with Crippen LogP contribution in [0.5, 0.6) is 0 Å². The standard InChI is InChI=1S/C18H34N2O3/c1-14(23-13-15-7-4-3-5-8-15)17(19)18(21)20-10-6-9-16(11-20)12-22-2/h14-17H,3-13,19H2,1-2H3/t14-,16+,17+/m1/s1. The van der Waals surface area contributed by atoms with Crippen LogP contribution in [-0.4, -0.2) is 56.4 Å². The highest BCUT2D eigenvalue weighted by Gasteiger charge is 2.30. The molecule has 23 heavy (non-hydrogen) atoms. The van der Waals surface area contributed by atoms with Crippen molar-refractivity contribution in [2.24, 2.45) is 17.6 Å². The fraction of sp³-hybridized carbons (Fsp3) is 0.944. The summed E-state index contributed by atoms with van der Waals surface area (Å²) in [7, 11) is 1.72. The van der Waals surface area contributed by atoms with Gasteiger partial charge >= 0.3 is 0 Å². The van der Waals surface area contributed by atoms with E-state index in [9.17, 15) is 4.79 Å². The highest BCUT2D eigenvalue weighted by atomic mass is 16.5. The number of amides is 1. The molecule has 1 aliphatic carbocycles. The van der Waals surface area contributed by atoms with Gasteiger partial charge < -0.3 is 20.1 Å². The van der Waals surface area contributed by atoms with Crippen LogP contribution in [0.4, 0.5) is 0 Å². The van der Waals surface area contributed by atoms with E-state index in [2.05, 4.69) is 0 Å². The predicted molar refractivity (Wildman–Crippen MR) is 91.1 cm³/mol. The molecule has 1 aliphatic heterocycles. The van der Waals surface area contributed by atoms with Crippen LogP contribution in [0.1, 0.15) is 51.9 Å². The number of hydrogen-bond acceptors (Lipinski definition) is 4. The smallest absolute Gasteiger partial charge is 0.242 e. The molecule has 1 amide bonds. The van der Waals surface area contributed by atoms with Gasteiger partial charge in [0.25, 0.3) is 0 Å². The Morgan fingerprint density at radius 3 is 2.52 bits per heavy atom. The largest absolute Gasteiger partial charge is 0.384 e. The molecule has 2 fully saturated rings. The highest BCUT2D eigenvalue weighted by Crippen LogP contribution is 2.24. The molecule has 134 valence electrons. The lowest BCUT2D eigenvalue weighted by molar-refractivity contribution is -0.138. The summed E-state index contributed by atoms with van der Waals surface area (Å²) < 4.78 is 11.2. The Balaban J connectivity index is 1.75. The summed E-state index contributed by atoms with van der Waals surface area (Å²) in [5, 5.41) is 0. The van der Waals surface area contributed by atoms with Gasteiger partial charge in [-0.05, 0) is 44.4 Å². The van der Waals surface area contributed by atoms with Crippen LogP contribution in [0.3, 0.4) is 0 Å². The van der Waals surface area contributed by atoms with Crippen molar-refractivity contribution in [1.29, 1.82) is 0 Å². The van der Waals surface area contributed by atoms with E-state index in [1.54, 1.807) is 7.11 Å². The van der Waals surface area contributed by atoms with Gasteiger partial charge in [0.05, 0.1) is 12.7 Å². The first-order valence-electron chi connectivity index (χ1n) is 9.26. The average molecular weight is 326 g/mol. The quantitative estimate of drug-likeness (QED) is 0.779. The topological polar surface area (TPSA) is 64.8 Å². The number of nitrogens with two attached hydrogens (primary N) is 1. The summed E-state index contributed by atoms with van der Waals surface area (Å²) in [6, 6.07) is -0.556. The minimum Gasteiger partial charge on any atom is -0.384 e. The number of piperidine rings is 1. The normalized spacial score (nSPS) is 26.0. The van der Waals surface area contributed by atoms with Gasteiger partial charge in [0.2, 0.25) is 5.91 Å². The van der Waals surface area contributed by atoms with Crippen molar-refractivity contribution >= 4 is 5.91 Å². The van der Waals surface area contributed by atoms with Crippen molar-refractivity contribution in [3.8, 4) is 0 Å². The summed E-state index contributed by atoms with van der Waals surface area (Å²) in [5.41, 5.74) is 6.18. The minimum absolute atomic E-state index is 0.0296. The van der Waals surface area contributed by atoms with Crippen LogP contribution in [0.15, 0.2) is 0 Å². The Bertz CT molecular complexity index is 356. The second-order valence-electron chi connectivity index (χ2n) is 7.32. The maximum Gasteiger partial charge on any atom is 0.242 e. The lowest BCUT2D eigenvalue weighted by atomic mass is 9.90. The first-order valence-corrected chi connectivity index (χ1v) is 9.26. The van der Waals surface area contributed by atoms with Gasteiger partial charge in [0, 0.05) is 26.8 Å². The van der Waals surface area contributed by atoms with Crippen LogP contribution >= 0.6 is 0 Å². The Hall–Kier alpha value is -0.650. The van der Waals surface area contributed by atoms with E-state index in [-0.39, 0.29) is 12.0 Å². The lowest BCUT2D eigenvalue weighted by Crippen LogP contribution is -2.53. The van der Waals surface area contributed by atoms with Crippen LogP contribution in [0, 0.1) is 11.8 Å². The maximum absolute atomic E-state index is 12.6. The fourth-order valence-corrected chi connectivity index (χ4v) is 3.79. The van der Waals surface area contributed by atoms with Crippen molar-refractivity contribution < 1.29 is 14.3 Å². The molecule has 2 rings (SSSR count). The van der Waals surface area contributed by atoms with Gasteiger partial charge in [-0.15, -0.1) is 0 Å². The van der Waals surface area contributed by atoms with Gasteiger partial charge in [-0.3, -0.25) is 4.79 Å². The van der Waals surface area contributed by atoms with E-state index in [0.29, 0.717) is 18.4 Å². The van der Waals surface area contributed by atoms with E-state index in [0.717, 1.165) is 32.5 Å². The fourth-order valence-electron chi connectivity index (χ4n) is 3.79. The summed E-state index contributed by atoms with van der Waals surface area (Å²) in [6.45, 7) is 4.96. The van der Waals surface area contributed by atoms with E-state index in [1.807, 2.05) is 11.8 Å². The number of carbonyl (C=O) groups excluding carboxylic acids is 1. The van der Waals surface area contributed by atoms with Crippen molar-refractivity contribution in [3.05, 3.63) is 0 Å². The molecule has 1 saturated carbocycles. The molecule has 0 aromatic rings. The monoisotopic (exact) mass is 326 g/mol. The van der Waals surface area contributed by atoms with Crippen molar-refractivity contribution in [1.82, 2.24) is 4.90 Å². The zero-order valence-corrected chi connectivity index (χ0v) is 14.8. The molecule has 0 aromatic heterocycles. The molecule has 3 atom stereocenters. The van der Waals surface area contributed by atoms with Gasteiger partial charge in [0.15, 0.2) is 0 Å². The molecule has 2 N–H and O–H groups in total. The average Bonchev–Trinajstić information content (AvgIpc) is 2.60. The lowest BCUT2D eigenvalue weighted by Gasteiger charge is -2.35. The third-order valence-corrected chi connectivity index (χ3v) is 5.34. The zero-order chi connectivity index (χ0) is 16.7. The number of methoxy groups -OCH3 is 1. The third-order valence-electron chi connectivity index (χ3n) is 5.34. The summed E-state index contributed by atoms with van der Waals surface area (Å²) in [5.74, 6) is 1.11. The highest BCUT2D eigenvalue weighted by molar-refractivity contribution is 5.82. The van der Waals surface area contributed by atoms with Crippen LogP contribution in [0.2, 0.25) is 0 Å². The van der Waals surface area contributed by atoms with Crippen molar-refractivity contribution in [2.45, 2.75) is 64.0 Å². The van der Waals surface area contributed by atoms with Gasteiger partial charge in [-0.25, -0.2) is 0 Å². The maximum atomic E-state index is 12.6. The molecule has 2 aliphatic rings. The Morgan fingerprint density at radius 1 is 1.13 bits per heavy atom. The first-order chi connectivity index (χ1) is 11.1. The van der Waals surface area contributed by atoms with Gasteiger partial charge in [-0.2, -0.15) is 0 Å². The van der Waals surface area contributed by atoms with E-state index in [1.165, 1.54) is 32.1 Å². The van der Waals surface area contributed by atoms with Gasteiger partial charge in [0.1, 0.15) is 6.04 Å². The van der Waals surface area contributed by atoms with E-state index < -0.39 is 6.04 Å². The molecular weight excluding hydrogens is 292 g/mol. The number of carbonyl (C=O) groups is 1. The molecule has 0 spiro atoms. The summed E-state index contributed by atoms with van der Waals surface area (Å²) in [4.78, 5) is 14.5. The second-order valence-corrected chi connectivity index (χ2v) is 7.32. The van der Waals surface area contributed by atoms with Crippen molar-refractivity contribution in [3.63, 3.8) is 0 Å². The van der Waals surface area contributed by atoms with E-state index in [4.69, 9.17) is 15.2 Å². The Kier molecular flexibility index (Phi) is 7.80. The Labute approximate surface area is 140 Å². The summed E-state index contributed by atoms with van der Waals surface area (Å²) >= 11 is 0. The molecule has 0 bridgehead atoms. The molecule has 5 nitrogen and oxygen atoms in total. The molecule has 5 heteroatoms. The summed E-state index contributed by atoms with van der Waals surface area (Å²) in [6.07, 6.45) is 8.41. The number of likely N-dealkylation sites (tertiary alicyclic amines) is 1. The Morgan fingerprint density at radius 2 is 1.83 bits per heavy atom. The molecule has 1 saturated heterocycles. The first kappa shape index (κ1) is 18.7. The van der Waals surface area contributed by atoms with Crippen LogP contribution in [-0.2, 0) is 14.3 Å². The van der Waals surface area contributed by atoms with Gasteiger partial charge in [-0.1, -0.05) is 19.3 Å². The second kappa shape index (κ2) is 9.60. The minimum atomic E-state index is -0.556. The molecule has 0 aromatic carbocycles. The molecular formula is C18H34N2O3. The third kappa shape index (κ3) is 5.73. The van der Waals surface area contributed by atoms with Crippen LogP contribution < -0.4 is 5.73 Å². The number of hydrogen-bond donors (Lipinski definition) is 1. The van der Waals surface area contributed by atoms with Crippen molar-refractivity contribution in [2.75, 3.05) is 33.4 Å². The predicted octanol–water partition coefficient (Wildman–Crippen LogP) is 2.18. The number of nitrogens with zero attached hydrogens (tertiary/aromatic N) is 1.